The first kappa shape index (κ1) is 13.6. The van der Waals surface area contributed by atoms with Crippen molar-refractivity contribution in [3.05, 3.63) is 48.0 Å². The number of nitrogens with zero attached hydrogens (tertiary/aromatic N) is 2. The Morgan fingerprint density at radius 2 is 2.05 bits per heavy atom. The van der Waals surface area contributed by atoms with Gasteiger partial charge in [-0.1, -0.05) is 18.2 Å². The lowest BCUT2D eigenvalue weighted by molar-refractivity contribution is 0.639. The quantitative estimate of drug-likeness (QED) is 0.749. The van der Waals surface area contributed by atoms with Crippen LogP contribution in [0, 0.1) is 6.92 Å². The largest absolute Gasteiger partial charge is 0.375 e. The molecule has 0 amide bonds. The van der Waals surface area contributed by atoms with Crippen LogP contribution < -0.4 is 10.2 Å². The van der Waals surface area contributed by atoms with Gasteiger partial charge in [-0.05, 0) is 32.0 Å². The normalized spacial score (nSPS) is 10.6. The van der Waals surface area contributed by atoms with Crippen LogP contribution in [-0.2, 0) is 6.54 Å². The van der Waals surface area contributed by atoms with Gasteiger partial charge in [0.2, 0.25) is 0 Å². The van der Waals surface area contributed by atoms with Gasteiger partial charge in [0, 0.05) is 37.7 Å². The lowest BCUT2D eigenvalue weighted by atomic mass is 10.3. The van der Waals surface area contributed by atoms with E-state index in [0.717, 1.165) is 37.6 Å². The highest BCUT2D eigenvalue weighted by Crippen LogP contribution is 2.10. The van der Waals surface area contributed by atoms with Gasteiger partial charge in [-0.25, -0.2) is 4.98 Å². The minimum absolute atomic E-state index is 0.857. The van der Waals surface area contributed by atoms with Crippen LogP contribution >= 0.6 is 0 Å². The number of benzene rings is 1. The number of anilines is 1. The van der Waals surface area contributed by atoms with Crippen LogP contribution in [0.15, 0.2) is 36.5 Å². The molecule has 0 atom stereocenters. The second-order valence-corrected chi connectivity index (χ2v) is 4.78. The first-order valence-electron chi connectivity index (χ1n) is 6.73. The van der Waals surface area contributed by atoms with E-state index in [4.69, 9.17) is 0 Å². The van der Waals surface area contributed by atoms with Gasteiger partial charge in [-0.3, -0.25) is 0 Å². The summed E-state index contributed by atoms with van der Waals surface area (Å²) in [5.74, 6) is 0.973. The van der Waals surface area contributed by atoms with Crippen molar-refractivity contribution in [1.82, 2.24) is 15.3 Å². The summed E-state index contributed by atoms with van der Waals surface area (Å²) in [6.45, 7) is 4.89. The Morgan fingerprint density at radius 1 is 1.26 bits per heavy atom. The van der Waals surface area contributed by atoms with E-state index < -0.39 is 0 Å². The number of aromatic amines is 1. The first-order valence-corrected chi connectivity index (χ1v) is 6.73. The predicted octanol–water partition coefficient (Wildman–Crippen LogP) is 2.33. The number of H-pyrrole nitrogens is 1. The molecule has 19 heavy (non-hydrogen) atoms. The van der Waals surface area contributed by atoms with E-state index in [1.807, 2.05) is 19.2 Å². The molecule has 1 heterocycles. The number of hydrogen-bond acceptors (Lipinski definition) is 3. The molecule has 102 valence electrons. The molecular weight excluding hydrogens is 236 g/mol. The van der Waals surface area contributed by atoms with E-state index in [1.54, 1.807) is 0 Å². The molecule has 2 rings (SSSR count). The first-order chi connectivity index (χ1) is 9.25. The number of imidazole rings is 1. The molecule has 0 aliphatic carbocycles. The van der Waals surface area contributed by atoms with E-state index in [2.05, 4.69) is 51.5 Å². The van der Waals surface area contributed by atoms with E-state index in [-0.39, 0.29) is 0 Å². The van der Waals surface area contributed by atoms with Gasteiger partial charge in [0.25, 0.3) is 0 Å². The third-order valence-corrected chi connectivity index (χ3v) is 3.11. The molecule has 0 bridgehead atoms. The Balaban J connectivity index is 1.62. The predicted molar refractivity (Wildman–Crippen MR) is 79.4 cm³/mol. The topological polar surface area (TPSA) is 44.0 Å². The van der Waals surface area contributed by atoms with Crippen molar-refractivity contribution < 1.29 is 0 Å². The number of hydrogen-bond donors (Lipinski definition) is 2. The second-order valence-electron chi connectivity index (χ2n) is 4.78. The monoisotopic (exact) mass is 258 g/mol. The van der Waals surface area contributed by atoms with Crippen LogP contribution in [0.25, 0.3) is 0 Å². The van der Waals surface area contributed by atoms with Crippen LogP contribution in [0.1, 0.15) is 17.9 Å². The summed E-state index contributed by atoms with van der Waals surface area (Å²) < 4.78 is 0. The van der Waals surface area contributed by atoms with Crippen molar-refractivity contribution >= 4 is 5.69 Å². The average molecular weight is 258 g/mol. The van der Waals surface area contributed by atoms with Crippen molar-refractivity contribution in [1.29, 1.82) is 0 Å². The zero-order valence-electron chi connectivity index (χ0n) is 11.7. The summed E-state index contributed by atoms with van der Waals surface area (Å²) in [6, 6.07) is 10.5. The zero-order valence-corrected chi connectivity index (χ0v) is 11.7. The molecule has 4 heteroatoms. The third-order valence-electron chi connectivity index (χ3n) is 3.11. The van der Waals surface area contributed by atoms with Crippen LogP contribution in [0.2, 0.25) is 0 Å². The minimum atomic E-state index is 0.857. The minimum Gasteiger partial charge on any atom is -0.375 e. The molecule has 0 radical (unpaired) electrons. The molecule has 0 fully saturated rings. The fourth-order valence-electron chi connectivity index (χ4n) is 2.04. The van der Waals surface area contributed by atoms with Gasteiger partial charge in [-0.15, -0.1) is 0 Å². The summed E-state index contributed by atoms with van der Waals surface area (Å²) in [4.78, 5) is 9.68. The van der Waals surface area contributed by atoms with Crippen molar-refractivity contribution in [3.8, 4) is 0 Å². The standard InChI is InChI=1S/C15H22N4/c1-13-17-12-14(18-13)11-16-9-6-10-19(2)15-7-4-3-5-8-15/h3-5,7-8,12,16H,6,9-11H2,1-2H3,(H,17,18). The zero-order chi connectivity index (χ0) is 13.5. The molecule has 0 spiro atoms. The molecule has 0 aliphatic heterocycles. The number of para-hydroxylation sites is 1. The van der Waals surface area contributed by atoms with Crippen molar-refractivity contribution in [2.24, 2.45) is 0 Å². The highest BCUT2D eigenvalue weighted by Gasteiger charge is 1.99. The molecule has 0 aliphatic rings. The molecule has 1 aromatic carbocycles. The Kier molecular flexibility index (Phi) is 4.98. The Morgan fingerprint density at radius 3 is 2.74 bits per heavy atom. The molecule has 2 N–H and O–H groups in total. The van der Waals surface area contributed by atoms with Gasteiger partial charge in [-0.2, -0.15) is 0 Å². The SMILES string of the molecule is Cc1ncc(CNCCCN(C)c2ccccc2)[nH]1. The average Bonchev–Trinajstić information content (AvgIpc) is 2.85. The maximum Gasteiger partial charge on any atom is 0.103 e. The summed E-state index contributed by atoms with van der Waals surface area (Å²) in [7, 11) is 2.13. The van der Waals surface area contributed by atoms with E-state index in [0.29, 0.717) is 0 Å². The van der Waals surface area contributed by atoms with Gasteiger partial charge in [0.1, 0.15) is 5.82 Å². The van der Waals surface area contributed by atoms with Crippen LogP contribution in [0.5, 0.6) is 0 Å². The summed E-state index contributed by atoms with van der Waals surface area (Å²) in [6.07, 6.45) is 3.01. The van der Waals surface area contributed by atoms with E-state index >= 15 is 0 Å². The maximum atomic E-state index is 4.18. The third kappa shape index (κ3) is 4.41. The number of rotatable bonds is 7. The van der Waals surface area contributed by atoms with Crippen LogP contribution in [0.4, 0.5) is 5.69 Å². The van der Waals surface area contributed by atoms with Gasteiger partial charge < -0.3 is 15.2 Å². The molecule has 2 aromatic rings. The van der Waals surface area contributed by atoms with E-state index in [9.17, 15) is 0 Å². The summed E-state index contributed by atoms with van der Waals surface area (Å²) in [5, 5.41) is 3.42. The molecule has 0 unspecified atom stereocenters. The fourth-order valence-corrected chi connectivity index (χ4v) is 2.04. The highest BCUT2D eigenvalue weighted by atomic mass is 15.1. The van der Waals surface area contributed by atoms with Crippen LogP contribution in [0.3, 0.4) is 0 Å². The highest BCUT2D eigenvalue weighted by molar-refractivity contribution is 5.44. The van der Waals surface area contributed by atoms with Crippen LogP contribution in [-0.4, -0.2) is 30.1 Å². The van der Waals surface area contributed by atoms with Gasteiger partial charge in [0.15, 0.2) is 0 Å². The van der Waals surface area contributed by atoms with E-state index in [1.165, 1.54) is 5.69 Å². The number of aryl methyl sites for hydroxylation is 1. The molecule has 4 nitrogen and oxygen atoms in total. The fraction of sp³-hybridized carbons (Fsp3) is 0.400. The number of nitrogens with one attached hydrogen (secondary N) is 2. The smallest absolute Gasteiger partial charge is 0.103 e. The summed E-state index contributed by atoms with van der Waals surface area (Å²) in [5.41, 5.74) is 2.42. The lowest BCUT2D eigenvalue weighted by Gasteiger charge is -2.19. The second kappa shape index (κ2) is 6.95. The molecule has 0 saturated carbocycles. The molecule has 1 aromatic heterocycles. The van der Waals surface area contributed by atoms with Gasteiger partial charge >= 0.3 is 0 Å². The summed E-state index contributed by atoms with van der Waals surface area (Å²) >= 11 is 0. The lowest BCUT2D eigenvalue weighted by Crippen LogP contribution is -2.23. The maximum absolute atomic E-state index is 4.18. The van der Waals surface area contributed by atoms with Crippen molar-refractivity contribution in [3.63, 3.8) is 0 Å². The Hall–Kier alpha value is -1.81. The molecule has 0 saturated heterocycles. The van der Waals surface area contributed by atoms with Crippen molar-refractivity contribution in [2.75, 3.05) is 25.0 Å². The Labute approximate surface area is 114 Å². The Bertz CT molecular complexity index is 478. The van der Waals surface area contributed by atoms with Crippen molar-refractivity contribution in [2.45, 2.75) is 19.9 Å². The van der Waals surface area contributed by atoms with Gasteiger partial charge in [0.05, 0.1) is 0 Å². The number of aromatic nitrogens is 2. The molecular formula is C15H22N4.